The largest absolute Gasteiger partial charge is 0.338 e. The van der Waals surface area contributed by atoms with Crippen LogP contribution in [0.1, 0.15) is 49.9 Å². The molecular weight excluding hydrogens is 244 g/mol. The Hall–Kier alpha value is -1.03. The molecule has 2 amide bonds. The quantitative estimate of drug-likeness (QED) is 0.808. The molecule has 1 atom stereocenters. The molecule has 2 heterocycles. The summed E-state index contributed by atoms with van der Waals surface area (Å²) < 4.78 is 0. The lowest BCUT2D eigenvalue weighted by atomic mass is 10.2. The van der Waals surface area contributed by atoms with E-state index in [-0.39, 0.29) is 6.03 Å². The van der Waals surface area contributed by atoms with E-state index in [1.807, 2.05) is 4.90 Å². The van der Waals surface area contributed by atoms with Crippen LogP contribution in [0.4, 0.5) is 4.79 Å². The van der Waals surface area contributed by atoms with Crippen molar-refractivity contribution >= 4 is 17.4 Å². The molecule has 100 valence electrons. The lowest BCUT2D eigenvalue weighted by Gasteiger charge is -2.24. The zero-order valence-electron chi connectivity index (χ0n) is 11.0. The van der Waals surface area contributed by atoms with Gasteiger partial charge in [0.2, 0.25) is 0 Å². The van der Waals surface area contributed by atoms with Gasteiger partial charge < -0.3 is 10.2 Å². The van der Waals surface area contributed by atoms with Crippen LogP contribution in [0.5, 0.6) is 0 Å². The highest BCUT2D eigenvalue weighted by Gasteiger charge is 2.30. The molecular formula is C14H22N2OS. The molecule has 0 bridgehead atoms. The van der Waals surface area contributed by atoms with Crippen molar-refractivity contribution in [3.8, 4) is 0 Å². The van der Waals surface area contributed by atoms with E-state index in [2.05, 4.69) is 29.8 Å². The van der Waals surface area contributed by atoms with E-state index in [0.717, 1.165) is 32.4 Å². The van der Waals surface area contributed by atoms with E-state index in [9.17, 15) is 4.79 Å². The Morgan fingerprint density at radius 2 is 2.44 bits per heavy atom. The number of carbonyl (C=O) groups is 1. The van der Waals surface area contributed by atoms with Gasteiger partial charge >= 0.3 is 6.03 Å². The van der Waals surface area contributed by atoms with Gasteiger partial charge in [-0.2, -0.15) is 0 Å². The predicted molar refractivity (Wildman–Crippen MR) is 75.9 cm³/mol. The molecule has 2 rings (SSSR count). The molecule has 1 aliphatic rings. The second-order valence-corrected chi connectivity index (χ2v) is 5.79. The van der Waals surface area contributed by atoms with Crippen LogP contribution < -0.4 is 5.32 Å². The standard InChI is InChI=1S/C14H22N2OS/c1-2-3-4-9-15-14(17)16-10-5-7-12(16)13-8-6-11-18-13/h6,8,11-12H,2-5,7,9-10H2,1H3,(H,15,17). The summed E-state index contributed by atoms with van der Waals surface area (Å²) in [5.41, 5.74) is 0. The van der Waals surface area contributed by atoms with Gasteiger partial charge in [-0.05, 0) is 30.7 Å². The first kappa shape index (κ1) is 13.4. The van der Waals surface area contributed by atoms with Crippen molar-refractivity contribution in [1.29, 1.82) is 0 Å². The third kappa shape index (κ3) is 3.25. The first-order chi connectivity index (χ1) is 8.83. The van der Waals surface area contributed by atoms with Crippen molar-refractivity contribution in [3.63, 3.8) is 0 Å². The van der Waals surface area contributed by atoms with Gasteiger partial charge in [-0.25, -0.2) is 4.79 Å². The molecule has 0 radical (unpaired) electrons. The highest BCUT2D eigenvalue weighted by Crippen LogP contribution is 2.34. The highest BCUT2D eigenvalue weighted by atomic mass is 32.1. The van der Waals surface area contributed by atoms with Crippen molar-refractivity contribution in [2.75, 3.05) is 13.1 Å². The Balaban J connectivity index is 1.85. The van der Waals surface area contributed by atoms with Crippen LogP contribution in [0.25, 0.3) is 0 Å². The average Bonchev–Trinajstić information content (AvgIpc) is 3.02. The molecule has 1 unspecified atom stereocenters. The lowest BCUT2D eigenvalue weighted by molar-refractivity contribution is 0.193. The number of unbranched alkanes of at least 4 members (excludes halogenated alkanes) is 2. The fourth-order valence-electron chi connectivity index (χ4n) is 2.46. The van der Waals surface area contributed by atoms with Gasteiger partial charge in [-0.15, -0.1) is 11.3 Å². The average molecular weight is 266 g/mol. The fraction of sp³-hybridized carbons (Fsp3) is 0.643. The molecule has 1 aromatic heterocycles. The minimum Gasteiger partial charge on any atom is -0.338 e. The Bertz CT molecular complexity index is 364. The zero-order chi connectivity index (χ0) is 12.8. The Morgan fingerprint density at radius 3 is 3.17 bits per heavy atom. The second kappa shape index (κ2) is 6.78. The van der Waals surface area contributed by atoms with E-state index in [0.29, 0.717) is 6.04 Å². The third-order valence-electron chi connectivity index (χ3n) is 3.44. The summed E-state index contributed by atoms with van der Waals surface area (Å²) in [6.45, 7) is 3.87. The van der Waals surface area contributed by atoms with Crippen LogP contribution in [0, 0.1) is 0 Å². The minimum absolute atomic E-state index is 0.113. The van der Waals surface area contributed by atoms with Crippen LogP contribution in [-0.2, 0) is 0 Å². The first-order valence-corrected chi connectivity index (χ1v) is 7.78. The Kier molecular flexibility index (Phi) is 5.05. The van der Waals surface area contributed by atoms with Gasteiger partial charge in [-0.1, -0.05) is 25.8 Å². The van der Waals surface area contributed by atoms with Crippen LogP contribution in [0.15, 0.2) is 17.5 Å². The number of thiophene rings is 1. The summed E-state index contributed by atoms with van der Waals surface area (Å²) in [7, 11) is 0. The van der Waals surface area contributed by atoms with Gasteiger partial charge in [0, 0.05) is 18.0 Å². The van der Waals surface area contributed by atoms with Crippen LogP contribution in [0.3, 0.4) is 0 Å². The van der Waals surface area contributed by atoms with Crippen molar-refractivity contribution < 1.29 is 4.79 Å². The number of hydrogen-bond donors (Lipinski definition) is 1. The zero-order valence-corrected chi connectivity index (χ0v) is 11.8. The van der Waals surface area contributed by atoms with E-state index >= 15 is 0 Å². The molecule has 0 aromatic carbocycles. The number of nitrogens with one attached hydrogen (secondary N) is 1. The second-order valence-electron chi connectivity index (χ2n) is 4.81. The van der Waals surface area contributed by atoms with Crippen LogP contribution in [-0.4, -0.2) is 24.0 Å². The van der Waals surface area contributed by atoms with Crippen molar-refractivity contribution in [2.45, 2.75) is 45.1 Å². The smallest absolute Gasteiger partial charge is 0.317 e. The summed E-state index contributed by atoms with van der Waals surface area (Å²) >= 11 is 1.75. The maximum absolute atomic E-state index is 12.1. The number of amides is 2. The molecule has 0 aliphatic carbocycles. The van der Waals surface area contributed by atoms with E-state index in [1.54, 1.807) is 11.3 Å². The molecule has 1 aliphatic heterocycles. The summed E-state index contributed by atoms with van der Waals surface area (Å²) in [6, 6.07) is 4.62. The number of likely N-dealkylation sites (tertiary alicyclic amines) is 1. The summed E-state index contributed by atoms with van der Waals surface area (Å²) in [4.78, 5) is 15.4. The predicted octanol–water partition coefficient (Wildman–Crippen LogP) is 3.78. The maximum Gasteiger partial charge on any atom is 0.317 e. The molecule has 1 N–H and O–H groups in total. The van der Waals surface area contributed by atoms with Gasteiger partial charge in [0.05, 0.1) is 6.04 Å². The maximum atomic E-state index is 12.1. The topological polar surface area (TPSA) is 32.3 Å². The lowest BCUT2D eigenvalue weighted by Crippen LogP contribution is -2.39. The molecule has 0 saturated carbocycles. The van der Waals surface area contributed by atoms with Crippen molar-refractivity contribution in [2.24, 2.45) is 0 Å². The summed E-state index contributed by atoms with van der Waals surface area (Å²) in [5.74, 6) is 0. The molecule has 4 heteroatoms. The first-order valence-electron chi connectivity index (χ1n) is 6.90. The summed E-state index contributed by atoms with van der Waals surface area (Å²) in [6.07, 6.45) is 5.68. The molecule has 1 saturated heterocycles. The Morgan fingerprint density at radius 1 is 1.56 bits per heavy atom. The van der Waals surface area contributed by atoms with Gasteiger partial charge in [-0.3, -0.25) is 0 Å². The highest BCUT2D eigenvalue weighted by molar-refractivity contribution is 7.10. The molecule has 1 aromatic rings. The normalized spacial score (nSPS) is 19.2. The Labute approximate surface area is 113 Å². The van der Waals surface area contributed by atoms with Gasteiger partial charge in [0.25, 0.3) is 0 Å². The fourth-order valence-corrected chi connectivity index (χ4v) is 3.33. The van der Waals surface area contributed by atoms with Crippen molar-refractivity contribution in [1.82, 2.24) is 10.2 Å². The van der Waals surface area contributed by atoms with Crippen molar-refractivity contribution in [3.05, 3.63) is 22.4 Å². The molecule has 18 heavy (non-hydrogen) atoms. The number of urea groups is 1. The SMILES string of the molecule is CCCCCNC(=O)N1CCCC1c1cccs1. The third-order valence-corrected chi connectivity index (χ3v) is 4.42. The van der Waals surface area contributed by atoms with E-state index < -0.39 is 0 Å². The monoisotopic (exact) mass is 266 g/mol. The number of nitrogens with zero attached hydrogens (tertiary/aromatic N) is 1. The van der Waals surface area contributed by atoms with E-state index in [1.165, 1.54) is 17.7 Å². The molecule has 1 fully saturated rings. The number of rotatable bonds is 5. The summed E-state index contributed by atoms with van der Waals surface area (Å²) in [5, 5.41) is 5.13. The van der Waals surface area contributed by atoms with Crippen LogP contribution >= 0.6 is 11.3 Å². The molecule has 0 spiro atoms. The number of hydrogen-bond acceptors (Lipinski definition) is 2. The van der Waals surface area contributed by atoms with E-state index in [4.69, 9.17) is 0 Å². The van der Waals surface area contributed by atoms with Gasteiger partial charge in [0.15, 0.2) is 0 Å². The van der Waals surface area contributed by atoms with Gasteiger partial charge in [0.1, 0.15) is 0 Å². The number of carbonyl (C=O) groups excluding carboxylic acids is 1. The van der Waals surface area contributed by atoms with Crippen LogP contribution in [0.2, 0.25) is 0 Å². The minimum atomic E-state index is 0.113. The molecule has 3 nitrogen and oxygen atoms in total.